The second-order valence-corrected chi connectivity index (χ2v) is 4.62. The molecular weight excluding hydrogens is 290 g/mol. The van der Waals surface area contributed by atoms with Crippen molar-refractivity contribution >= 4 is 23.7 Å². The Labute approximate surface area is 127 Å². The van der Waals surface area contributed by atoms with Crippen LogP contribution in [-0.4, -0.2) is 18.4 Å². The fourth-order valence-corrected chi connectivity index (χ4v) is 2.05. The number of nitriles is 1. The topological polar surface area (TPSA) is 75.0 Å². The van der Waals surface area contributed by atoms with E-state index in [1.165, 1.54) is 12.3 Å². The van der Waals surface area contributed by atoms with E-state index in [0.29, 0.717) is 40.5 Å². The second kappa shape index (κ2) is 6.73. The lowest BCUT2D eigenvalue weighted by atomic mass is 10.1. The number of benzene rings is 1. The molecule has 0 aliphatic heterocycles. The molecule has 0 bridgehead atoms. The van der Waals surface area contributed by atoms with E-state index >= 15 is 0 Å². The van der Waals surface area contributed by atoms with Crippen LogP contribution in [0.2, 0.25) is 5.02 Å². The highest BCUT2D eigenvalue weighted by atomic mass is 35.5. The van der Waals surface area contributed by atoms with E-state index in [1.807, 2.05) is 0 Å². The SMILES string of the molecule is COc1ccc(C#N)cc1CNc1ncc(C=O)cc1Cl. The molecule has 106 valence electrons. The lowest BCUT2D eigenvalue weighted by Gasteiger charge is -2.11. The molecule has 6 heteroatoms. The highest BCUT2D eigenvalue weighted by Gasteiger charge is 2.07. The minimum atomic E-state index is 0.356. The number of anilines is 1. The maximum Gasteiger partial charge on any atom is 0.151 e. The Morgan fingerprint density at radius 2 is 2.29 bits per heavy atom. The third kappa shape index (κ3) is 3.50. The van der Waals surface area contributed by atoms with Crippen molar-refractivity contribution in [1.82, 2.24) is 4.98 Å². The summed E-state index contributed by atoms with van der Waals surface area (Å²) in [5, 5.41) is 12.3. The Hall–Kier alpha value is -2.58. The van der Waals surface area contributed by atoms with Crippen LogP contribution in [0.3, 0.4) is 0 Å². The van der Waals surface area contributed by atoms with Crippen LogP contribution in [0.25, 0.3) is 0 Å². The van der Waals surface area contributed by atoms with E-state index in [4.69, 9.17) is 21.6 Å². The summed E-state index contributed by atoms with van der Waals surface area (Å²) in [4.78, 5) is 14.7. The first kappa shape index (κ1) is 14.8. The van der Waals surface area contributed by atoms with Gasteiger partial charge in [0.25, 0.3) is 0 Å². The molecule has 0 aliphatic rings. The number of nitrogens with zero attached hydrogens (tertiary/aromatic N) is 2. The van der Waals surface area contributed by atoms with E-state index in [0.717, 1.165) is 5.56 Å². The minimum Gasteiger partial charge on any atom is -0.496 e. The summed E-state index contributed by atoms with van der Waals surface area (Å²) in [6, 6.07) is 8.77. The molecule has 0 amide bonds. The molecule has 1 heterocycles. The van der Waals surface area contributed by atoms with E-state index in [1.54, 1.807) is 25.3 Å². The van der Waals surface area contributed by atoms with E-state index in [9.17, 15) is 4.79 Å². The largest absolute Gasteiger partial charge is 0.496 e. The molecule has 2 rings (SSSR count). The lowest BCUT2D eigenvalue weighted by molar-refractivity contribution is 0.112. The van der Waals surface area contributed by atoms with Crippen LogP contribution >= 0.6 is 11.6 Å². The maximum atomic E-state index is 10.6. The first-order valence-electron chi connectivity index (χ1n) is 6.09. The van der Waals surface area contributed by atoms with Gasteiger partial charge in [0.2, 0.25) is 0 Å². The van der Waals surface area contributed by atoms with Crippen LogP contribution in [-0.2, 0) is 6.54 Å². The Balaban J connectivity index is 2.20. The average Bonchev–Trinajstić information content (AvgIpc) is 2.53. The number of carbonyl (C=O) groups is 1. The van der Waals surface area contributed by atoms with Gasteiger partial charge in [0.15, 0.2) is 6.29 Å². The number of aromatic nitrogens is 1. The summed E-state index contributed by atoms with van der Waals surface area (Å²) < 4.78 is 5.25. The molecule has 0 atom stereocenters. The van der Waals surface area contributed by atoms with Gasteiger partial charge < -0.3 is 10.1 Å². The molecule has 0 unspecified atom stereocenters. The zero-order chi connectivity index (χ0) is 15.2. The van der Waals surface area contributed by atoms with Crippen molar-refractivity contribution < 1.29 is 9.53 Å². The maximum absolute atomic E-state index is 10.6. The van der Waals surface area contributed by atoms with Gasteiger partial charge in [0.05, 0.1) is 23.8 Å². The van der Waals surface area contributed by atoms with Gasteiger partial charge >= 0.3 is 0 Å². The Morgan fingerprint density at radius 1 is 1.48 bits per heavy atom. The van der Waals surface area contributed by atoms with Gasteiger partial charge in [0.1, 0.15) is 11.6 Å². The van der Waals surface area contributed by atoms with Crippen LogP contribution in [0.1, 0.15) is 21.5 Å². The normalized spacial score (nSPS) is 9.76. The second-order valence-electron chi connectivity index (χ2n) is 4.21. The van der Waals surface area contributed by atoms with Crippen molar-refractivity contribution in [2.45, 2.75) is 6.54 Å². The molecule has 0 saturated heterocycles. The molecule has 0 fully saturated rings. The summed E-state index contributed by atoms with van der Waals surface area (Å²) in [6.45, 7) is 0.395. The van der Waals surface area contributed by atoms with Crippen molar-refractivity contribution in [2.75, 3.05) is 12.4 Å². The van der Waals surface area contributed by atoms with Crippen molar-refractivity contribution in [3.63, 3.8) is 0 Å². The Kier molecular flexibility index (Phi) is 4.75. The number of pyridine rings is 1. The predicted octanol–water partition coefficient (Wildman–Crippen LogP) is 3.04. The van der Waals surface area contributed by atoms with Gasteiger partial charge in [-0.2, -0.15) is 5.26 Å². The highest BCUT2D eigenvalue weighted by Crippen LogP contribution is 2.23. The van der Waals surface area contributed by atoms with E-state index in [2.05, 4.69) is 16.4 Å². The lowest BCUT2D eigenvalue weighted by Crippen LogP contribution is -2.04. The Bertz CT molecular complexity index is 711. The van der Waals surface area contributed by atoms with Crippen LogP contribution in [0.5, 0.6) is 5.75 Å². The molecule has 0 spiro atoms. The number of halogens is 1. The quantitative estimate of drug-likeness (QED) is 0.859. The third-order valence-corrected chi connectivity index (χ3v) is 3.14. The first-order valence-corrected chi connectivity index (χ1v) is 6.47. The van der Waals surface area contributed by atoms with Crippen LogP contribution in [0.15, 0.2) is 30.5 Å². The molecule has 5 nitrogen and oxygen atoms in total. The zero-order valence-corrected chi connectivity index (χ0v) is 12.0. The number of carbonyl (C=O) groups excluding carboxylic acids is 1. The van der Waals surface area contributed by atoms with Crippen molar-refractivity contribution in [1.29, 1.82) is 5.26 Å². The van der Waals surface area contributed by atoms with Crippen LogP contribution in [0.4, 0.5) is 5.82 Å². The standard InChI is InChI=1S/C15H12ClN3O2/c1-21-14-3-2-10(6-17)4-12(14)8-19-15-13(16)5-11(9-20)7-18-15/h2-5,7,9H,8H2,1H3,(H,18,19). The predicted molar refractivity (Wildman–Crippen MR) is 79.7 cm³/mol. The highest BCUT2D eigenvalue weighted by molar-refractivity contribution is 6.33. The molecule has 0 saturated carbocycles. The van der Waals surface area contributed by atoms with Crippen molar-refractivity contribution in [3.05, 3.63) is 52.2 Å². The number of aldehydes is 1. The molecule has 21 heavy (non-hydrogen) atoms. The molecular formula is C15H12ClN3O2. The van der Waals surface area contributed by atoms with Gasteiger partial charge in [-0.05, 0) is 24.3 Å². The number of rotatable bonds is 5. The molecule has 1 N–H and O–H groups in total. The molecule has 0 aliphatic carbocycles. The summed E-state index contributed by atoms with van der Waals surface area (Å²) >= 11 is 6.04. The number of nitrogens with one attached hydrogen (secondary N) is 1. The zero-order valence-electron chi connectivity index (χ0n) is 11.3. The van der Waals surface area contributed by atoms with Crippen molar-refractivity contribution in [3.8, 4) is 11.8 Å². The summed E-state index contributed by atoms with van der Waals surface area (Å²) in [5.74, 6) is 1.13. The number of hydrogen-bond donors (Lipinski definition) is 1. The fraction of sp³-hybridized carbons (Fsp3) is 0.133. The van der Waals surface area contributed by atoms with Gasteiger partial charge in [0, 0.05) is 23.9 Å². The smallest absolute Gasteiger partial charge is 0.151 e. The average molecular weight is 302 g/mol. The van der Waals surface area contributed by atoms with Crippen molar-refractivity contribution in [2.24, 2.45) is 0 Å². The van der Waals surface area contributed by atoms with Gasteiger partial charge in [-0.1, -0.05) is 11.6 Å². The van der Waals surface area contributed by atoms with E-state index in [-0.39, 0.29) is 0 Å². The summed E-state index contributed by atoms with van der Waals surface area (Å²) in [5.41, 5.74) is 1.77. The van der Waals surface area contributed by atoms with Crippen LogP contribution < -0.4 is 10.1 Å². The van der Waals surface area contributed by atoms with Crippen LogP contribution in [0, 0.1) is 11.3 Å². The molecule has 2 aromatic rings. The summed E-state index contributed by atoms with van der Waals surface area (Å²) in [7, 11) is 1.56. The molecule has 0 radical (unpaired) electrons. The Morgan fingerprint density at radius 3 is 2.90 bits per heavy atom. The number of ether oxygens (including phenoxy) is 1. The minimum absolute atomic E-state index is 0.356. The fourth-order valence-electron chi connectivity index (χ4n) is 1.81. The van der Waals surface area contributed by atoms with Gasteiger partial charge in [-0.15, -0.1) is 0 Å². The molecule has 1 aromatic heterocycles. The van der Waals surface area contributed by atoms with Gasteiger partial charge in [-0.3, -0.25) is 4.79 Å². The monoisotopic (exact) mass is 301 g/mol. The van der Waals surface area contributed by atoms with E-state index < -0.39 is 0 Å². The number of methoxy groups -OCH3 is 1. The first-order chi connectivity index (χ1) is 10.2. The number of hydrogen-bond acceptors (Lipinski definition) is 5. The summed E-state index contributed by atoms with van der Waals surface area (Å²) in [6.07, 6.45) is 2.12. The molecule has 1 aromatic carbocycles. The van der Waals surface area contributed by atoms with Gasteiger partial charge in [-0.25, -0.2) is 4.98 Å². The third-order valence-electron chi connectivity index (χ3n) is 2.85.